The van der Waals surface area contributed by atoms with Gasteiger partial charge in [-0.1, -0.05) is 29.8 Å². The minimum absolute atomic E-state index is 0.0635. The van der Waals surface area contributed by atoms with Crippen molar-refractivity contribution in [2.24, 2.45) is 0 Å². The number of oxazole rings is 1. The van der Waals surface area contributed by atoms with Crippen molar-refractivity contribution < 1.29 is 19.1 Å². The zero-order chi connectivity index (χ0) is 16.2. The van der Waals surface area contributed by atoms with Crippen LogP contribution < -0.4 is 4.74 Å². The highest BCUT2D eigenvalue weighted by Gasteiger charge is 2.19. The van der Waals surface area contributed by atoms with E-state index in [1.165, 1.54) is 0 Å². The standard InChI is InChI=1S/C17H12ClNO4/c18-12-6-8-13(9-7-12)22-17-14(10-15(20)21)19-16(23-17)11-4-2-1-3-5-11/h1-9H,10H2,(H,20,21). The Morgan fingerprint density at radius 3 is 2.48 bits per heavy atom. The summed E-state index contributed by atoms with van der Waals surface area (Å²) in [6.07, 6.45) is -0.292. The molecule has 0 aliphatic heterocycles. The smallest absolute Gasteiger partial charge is 0.315 e. The third kappa shape index (κ3) is 3.70. The highest BCUT2D eigenvalue weighted by Crippen LogP contribution is 2.31. The second-order valence-corrected chi connectivity index (χ2v) is 5.18. The zero-order valence-corrected chi connectivity index (χ0v) is 12.7. The van der Waals surface area contributed by atoms with Crippen LogP contribution in [0, 0.1) is 0 Å². The van der Waals surface area contributed by atoms with Crippen molar-refractivity contribution in [3.8, 4) is 23.1 Å². The molecule has 0 aliphatic carbocycles. The van der Waals surface area contributed by atoms with Crippen molar-refractivity contribution in [1.29, 1.82) is 0 Å². The average molecular weight is 330 g/mol. The lowest BCUT2D eigenvalue weighted by Crippen LogP contribution is -2.01. The first-order valence-corrected chi connectivity index (χ1v) is 7.20. The lowest BCUT2D eigenvalue weighted by atomic mass is 10.2. The summed E-state index contributed by atoms with van der Waals surface area (Å²) in [6, 6.07) is 15.9. The van der Waals surface area contributed by atoms with Crippen LogP contribution in [-0.2, 0) is 11.2 Å². The first kappa shape index (κ1) is 15.1. The van der Waals surface area contributed by atoms with E-state index < -0.39 is 5.97 Å². The van der Waals surface area contributed by atoms with Gasteiger partial charge in [-0.15, -0.1) is 0 Å². The third-order valence-corrected chi connectivity index (χ3v) is 3.28. The van der Waals surface area contributed by atoms with E-state index in [2.05, 4.69) is 4.98 Å². The molecule has 1 aromatic heterocycles. The van der Waals surface area contributed by atoms with E-state index in [0.29, 0.717) is 16.7 Å². The molecule has 0 aliphatic rings. The van der Waals surface area contributed by atoms with Gasteiger partial charge in [0.05, 0.1) is 6.42 Å². The minimum Gasteiger partial charge on any atom is -0.481 e. The summed E-state index contributed by atoms with van der Waals surface area (Å²) in [4.78, 5) is 15.2. The molecule has 1 N–H and O–H groups in total. The van der Waals surface area contributed by atoms with Crippen molar-refractivity contribution in [2.45, 2.75) is 6.42 Å². The quantitative estimate of drug-likeness (QED) is 0.750. The number of hydrogen-bond acceptors (Lipinski definition) is 4. The molecule has 0 fully saturated rings. The summed E-state index contributed by atoms with van der Waals surface area (Å²) in [6.45, 7) is 0. The summed E-state index contributed by atoms with van der Waals surface area (Å²) < 4.78 is 11.2. The number of halogens is 1. The van der Waals surface area contributed by atoms with Gasteiger partial charge in [0.15, 0.2) is 0 Å². The largest absolute Gasteiger partial charge is 0.481 e. The fraction of sp³-hybridized carbons (Fsp3) is 0.0588. The average Bonchev–Trinajstić information content (AvgIpc) is 2.92. The highest BCUT2D eigenvalue weighted by molar-refractivity contribution is 6.30. The van der Waals surface area contributed by atoms with Gasteiger partial charge in [0, 0.05) is 10.6 Å². The number of ether oxygens (including phenoxy) is 1. The maximum atomic E-state index is 11.0. The second kappa shape index (κ2) is 6.54. The zero-order valence-electron chi connectivity index (χ0n) is 11.9. The van der Waals surface area contributed by atoms with E-state index in [4.69, 9.17) is 25.9 Å². The molecule has 6 heteroatoms. The fourth-order valence-corrected chi connectivity index (χ4v) is 2.11. The van der Waals surface area contributed by atoms with Crippen LogP contribution in [0.4, 0.5) is 0 Å². The van der Waals surface area contributed by atoms with Gasteiger partial charge in [-0.2, -0.15) is 0 Å². The Morgan fingerprint density at radius 1 is 1.13 bits per heavy atom. The molecule has 0 unspecified atom stereocenters. The monoisotopic (exact) mass is 329 g/mol. The van der Waals surface area contributed by atoms with Gasteiger partial charge in [0.1, 0.15) is 11.4 Å². The number of aliphatic carboxylic acids is 1. The number of carboxylic acids is 1. The number of rotatable bonds is 5. The number of benzene rings is 2. The van der Waals surface area contributed by atoms with Gasteiger partial charge in [0.25, 0.3) is 0 Å². The Kier molecular flexibility index (Phi) is 4.30. The molecular formula is C17H12ClNO4. The van der Waals surface area contributed by atoms with E-state index in [1.54, 1.807) is 24.3 Å². The molecule has 1 heterocycles. The summed E-state index contributed by atoms with van der Waals surface area (Å²) >= 11 is 5.83. The molecule has 5 nitrogen and oxygen atoms in total. The van der Waals surface area contributed by atoms with Crippen LogP contribution in [-0.4, -0.2) is 16.1 Å². The van der Waals surface area contributed by atoms with Crippen LogP contribution in [0.3, 0.4) is 0 Å². The summed E-state index contributed by atoms with van der Waals surface area (Å²) in [5.41, 5.74) is 0.969. The van der Waals surface area contributed by atoms with Crippen LogP contribution in [0.5, 0.6) is 11.7 Å². The van der Waals surface area contributed by atoms with E-state index in [9.17, 15) is 4.79 Å². The van der Waals surface area contributed by atoms with Gasteiger partial charge in [-0.3, -0.25) is 4.79 Å². The molecule has 2 aromatic carbocycles. The van der Waals surface area contributed by atoms with E-state index in [-0.39, 0.29) is 18.1 Å². The first-order chi connectivity index (χ1) is 11.1. The molecule has 0 saturated heterocycles. The SMILES string of the molecule is O=C(O)Cc1nc(-c2ccccc2)oc1Oc1ccc(Cl)cc1. The van der Waals surface area contributed by atoms with E-state index in [1.807, 2.05) is 30.3 Å². The first-order valence-electron chi connectivity index (χ1n) is 6.82. The molecule has 0 amide bonds. The molecule has 116 valence electrons. The Labute approximate surface area is 137 Å². The maximum Gasteiger partial charge on any atom is 0.315 e. The Hall–Kier alpha value is -2.79. The van der Waals surface area contributed by atoms with Crippen molar-refractivity contribution in [3.63, 3.8) is 0 Å². The normalized spacial score (nSPS) is 10.5. The summed E-state index contributed by atoms with van der Waals surface area (Å²) in [7, 11) is 0. The Balaban J connectivity index is 1.95. The Bertz CT molecular complexity index is 812. The molecule has 23 heavy (non-hydrogen) atoms. The summed E-state index contributed by atoms with van der Waals surface area (Å²) in [5.74, 6) is -0.157. The lowest BCUT2D eigenvalue weighted by molar-refractivity contribution is -0.136. The molecular weight excluding hydrogens is 318 g/mol. The number of aromatic nitrogens is 1. The maximum absolute atomic E-state index is 11.0. The number of carboxylic acid groups (broad SMARTS) is 1. The summed E-state index contributed by atoms with van der Waals surface area (Å²) in [5, 5.41) is 9.59. The van der Waals surface area contributed by atoms with E-state index >= 15 is 0 Å². The highest BCUT2D eigenvalue weighted by atomic mass is 35.5. The third-order valence-electron chi connectivity index (χ3n) is 3.03. The molecule has 0 radical (unpaired) electrons. The van der Waals surface area contributed by atoms with Crippen LogP contribution in [0.1, 0.15) is 5.69 Å². The van der Waals surface area contributed by atoms with Gasteiger partial charge in [0.2, 0.25) is 5.89 Å². The van der Waals surface area contributed by atoms with Gasteiger partial charge in [-0.05, 0) is 36.4 Å². The predicted octanol–water partition coefficient (Wildman–Crippen LogP) is 4.41. The second-order valence-electron chi connectivity index (χ2n) is 4.75. The van der Waals surface area contributed by atoms with Crippen LogP contribution in [0.15, 0.2) is 59.0 Å². The molecule has 0 bridgehead atoms. The van der Waals surface area contributed by atoms with Crippen molar-refractivity contribution in [3.05, 3.63) is 65.3 Å². The van der Waals surface area contributed by atoms with Gasteiger partial charge in [-0.25, -0.2) is 4.98 Å². The fourth-order valence-electron chi connectivity index (χ4n) is 1.99. The van der Waals surface area contributed by atoms with Gasteiger partial charge < -0.3 is 14.3 Å². The van der Waals surface area contributed by atoms with Crippen LogP contribution >= 0.6 is 11.6 Å². The van der Waals surface area contributed by atoms with Crippen LogP contribution in [0.25, 0.3) is 11.5 Å². The topological polar surface area (TPSA) is 72.6 Å². The minimum atomic E-state index is -1.01. The van der Waals surface area contributed by atoms with Crippen molar-refractivity contribution >= 4 is 17.6 Å². The Morgan fingerprint density at radius 2 is 1.83 bits per heavy atom. The molecule has 0 saturated carbocycles. The van der Waals surface area contributed by atoms with Crippen LogP contribution in [0.2, 0.25) is 5.02 Å². The molecule has 0 spiro atoms. The predicted molar refractivity (Wildman–Crippen MR) is 84.8 cm³/mol. The molecule has 3 aromatic rings. The van der Waals surface area contributed by atoms with Crippen molar-refractivity contribution in [2.75, 3.05) is 0 Å². The number of hydrogen-bond donors (Lipinski definition) is 1. The number of nitrogens with zero attached hydrogens (tertiary/aromatic N) is 1. The van der Waals surface area contributed by atoms with Gasteiger partial charge >= 0.3 is 11.9 Å². The number of carbonyl (C=O) groups is 1. The molecule has 3 rings (SSSR count). The van der Waals surface area contributed by atoms with E-state index in [0.717, 1.165) is 5.56 Å². The lowest BCUT2D eigenvalue weighted by Gasteiger charge is -2.03. The van der Waals surface area contributed by atoms with Crippen molar-refractivity contribution in [1.82, 2.24) is 4.98 Å². The molecule has 0 atom stereocenters.